The largest absolute Gasteiger partial charge is 0.504 e. The van der Waals surface area contributed by atoms with E-state index in [4.69, 9.17) is 4.74 Å². The average Bonchev–Trinajstić information content (AvgIpc) is 2.38. The van der Waals surface area contributed by atoms with E-state index in [1.54, 1.807) is 12.7 Å². The van der Waals surface area contributed by atoms with Crippen LogP contribution in [0.15, 0.2) is 23.5 Å². The molecule has 0 aromatic heterocycles. The summed E-state index contributed by atoms with van der Waals surface area (Å²) < 4.78 is 5.18. The Balaban J connectivity index is 2.35. The summed E-state index contributed by atoms with van der Waals surface area (Å²) in [6.45, 7) is 7.27. The summed E-state index contributed by atoms with van der Waals surface area (Å²) in [5, 5.41) is 0. The van der Waals surface area contributed by atoms with E-state index in [9.17, 15) is 0 Å². The first-order valence-electron chi connectivity index (χ1n) is 6.98. The smallest absolute Gasteiger partial charge is 0.0856 e. The SMILES string of the molecule is CO/C=C1/C=C2[C@@H](CC1)[C@H](C)CCCC2(C)C. The molecule has 1 heteroatoms. The molecule has 0 radical (unpaired) electrons. The standard InChI is InChI=1S/C16H26O/c1-12-6-5-9-16(2,3)15-10-13(11-17-4)7-8-14(12)15/h10-12,14H,5-9H2,1-4H3/b13-11+/t12-,14+/m1/s1. The van der Waals surface area contributed by atoms with Crippen LogP contribution in [-0.2, 0) is 4.74 Å². The maximum absolute atomic E-state index is 5.18. The van der Waals surface area contributed by atoms with Gasteiger partial charge in [-0.3, -0.25) is 0 Å². The molecule has 17 heavy (non-hydrogen) atoms. The van der Waals surface area contributed by atoms with Crippen LogP contribution in [0, 0.1) is 17.3 Å². The van der Waals surface area contributed by atoms with Crippen LogP contribution in [0.1, 0.15) is 52.9 Å². The van der Waals surface area contributed by atoms with Gasteiger partial charge in [-0.15, -0.1) is 0 Å². The zero-order chi connectivity index (χ0) is 12.5. The number of hydrogen-bond donors (Lipinski definition) is 0. The zero-order valence-electron chi connectivity index (χ0n) is 11.8. The number of ether oxygens (including phenoxy) is 1. The molecule has 0 spiro atoms. The summed E-state index contributed by atoms with van der Waals surface area (Å²) in [6, 6.07) is 0. The number of hydrogen-bond acceptors (Lipinski definition) is 1. The van der Waals surface area contributed by atoms with Gasteiger partial charge >= 0.3 is 0 Å². The van der Waals surface area contributed by atoms with Crippen molar-refractivity contribution in [1.29, 1.82) is 0 Å². The van der Waals surface area contributed by atoms with E-state index < -0.39 is 0 Å². The Labute approximate surface area is 106 Å². The fourth-order valence-electron chi connectivity index (χ4n) is 3.60. The van der Waals surface area contributed by atoms with Crippen molar-refractivity contribution in [2.75, 3.05) is 7.11 Å². The van der Waals surface area contributed by atoms with Gasteiger partial charge in [0.25, 0.3) is 0 Å². The van der Waals surface area contributed by atoms with Crippen LogP contribution < -0.4 is 0 Å². The second-order valence-corrected chi connectivity index (χ2v) is 6.43. The van der Waals surface area contributed by atoms with E-state index in [0.717, 1.165) is 11.8 Å². The number of methoxy groups -OCH3 is 1. The van der Waals surface area contributed by atoms with Crippen molar-refractivity contribution in [3.05, 3.63) is 23.5 Å². The maximum Gasteiger partial charge on any atom is 0.0856 e. The van der Waals surface area contributed by atoms with Crippen molar-refractivity contribution in [3.63, 3.8) is 0 Å². The first-order chi connectivity index (χ1) is 8.04. The topological polar surface area (TPSA) is 9.23 Å². The first-order valence-corrected chi connectivity index (χ1v) is 6.98. The highest BCUT2D eigenvalue weighted by molar-refractivity contribution is 5.32. The van der Waals surface area contributed by atoms with Gasteiger partial charge in [-0.2, -0.15) is 0 Å². The van der Waals surface area contributed by atoms with Gasteiger partial charge in [0.2, 0.25) is 0 Å². The van der Waals surface area contributed by atoms with Gasteiger partial charge in [-0.25, -0.2) is 0 Å². The Morgan fingerprint density at radius 2 is 2.12 bits per heavy atom. The second-order valence-electron chi connectivity index (χ2n) is 6.43. The summed E-state index contributed by atoms with van der Waals surface area (Å²) in [4.78, 5) is 0. The Kier molecular flexibility index (Phi) is 3.65. The Morgan fingerprint density at radius 1 is 1.35 bits per heavy atom. The molecule has 2 atom stereocenters. The maximum atomic E-state index is 5.18. The molecule has 2 rings (SSSR count). The van der Waals surface area contributed by atoms with Crippen LogP contribution in [0.2, 0.25) is 0 Å². The molecular formula is C16H26O. The third-order valence-electron chi connectivity index (χ3n) is 4.68. The molecule has 2 aliphatic rings. The quantitative estimate of drug-likeness (QED) is 0.598. The summed E-state index contributed by atoms with van der Waals surface area (Å²) in [5.74, 6) is 1.66. The molecule has 0 aliphatic heterocycles. The molecule has 0 N–H and O–H groups in total. The van der Waals surface area contributed by atoms with Crippen LogP contribution in [0.3, 0.4) is 0 Å². The minimum Gasteiger partial charge on any atom is -0.504 e. The van der Waals surface area contributed by atoms with Gasteiger partial charge in [0.05, 0.1) is 13.4 Å². The summed E-state index contributed by atoms with van der Waals surface area (Å²) in [6.07, 6.45) is 11.0. The number of allylic oxidation sites excluding steroid dienone is 3. The van der Waals surface area contributed by atoms with Gasteiger partial charge in [-0.1, -0.05) is 45.3 Å². The molecule has 2 aliphatic carbocycles. The highest BCUT2D eigenvalue weighted by atomic mass is 16.5. The molecule has 1 nitrogen and oxygen atoms in total. The highest BCUT2D eigenvalue weighted by Crippen LogP contribution is 2.48. The van der Waals surface area contributed by atoms with Crippen LogP contribution in [0.5, 0.6) is 0 Å². The second kappa shape index (κ2) is 4.88. The van der Waals surface area contributed by atoms with E-state index in [2.05, 4.69) is 26.8 Å². The molecule has 0 amide bonds. The van der Waals surface area contributed by atoms with E-state index in [0.29, 0.717) is 5.41 Å². The van der Waals surface area contributed by atoms with Crippen LogP contribution in [0.4, 0.5) is 0 Å². The predicted octanol–water partition coefficient (Wildman–Crippen LogP) is 4.70. The molecule has 0 heterocycles. The van der Waals surface area contributed by atoms with Crippen LogP contribution in [0.25, 0.3) is 0 Å². The number of fused-ring (bicyclic) bond motifs is 1. The molecule has 0 aromatic carbocycles. The van der Waals surface area contributed by atoms with Gasteiger partial charge in [-0.05, 0) is 42.1 Å². The lowest BCUT2D eigenvalue weighted by molar-refractivity contribution is 0.313. The average molecular weight is 234 g/mol. The zero-order valence-corrected chi connectivity index (χ0v) is 11.8. The van der Waals surface area contributed by atoms with Crippen molar-refractivity contribution in [2.24, 2.45) is 17.3 Å². The Bertz CT molecular complexity index is 335. The predicted molar refractivity (Wildman–Crippen MR) is 72.7 cm³/mol. The Hall–Kier alpha value is -0.720. The van der Waals surface area contributed by atoms with Crippen molar-refractivity contribution < 1.29 is 4.74 Å². The number of rotatable bonds is 1. The normalized spacial score (nSPS) is 34.8. The minimum absolute atomic E-state index is 0.378. The van der Waals surface area contributed by atoms with Crippen molar-refractivity contribution >= 4 is 0 Å². The minimum atomic E-state index is 0.378. The molecule has 0 saturated heterocycles. The summed E-state index contributed by atoms with van der Waals surface area (Å²) in [5.41, 5.74) is 3.43. The molecule has 1 fully saturated rings. The van der Waals surface area contributed by atoms with Crippen molar-refractivity contribution in [1.82, 2.24) is 0 Å². The lowest BCUT2D eigenvalue weighted by Gasteiger charge is -2.36. The molecule has 0 unspecified atom stereocenters. The molecule has 0 bridgehead atoms. The van der Waals surface area contributed by atoms with Gasteiger partial charge in [0.15, 0.2) is 0 Å². The van der Waals surface area contributed by atoms with Crippen LogP contribution >= 0.6 is 0 Å². The first kappa shape index (κ1) is 12.7. The van der Waals surface area contributed by atoms with E-state index in [1.807, 2.05) is 6.26 Å². The van der Waals surface area contributed by atoms with Gasteiger partial charge < -0.3 is 4.74 Å². The van der Waals surface area contributed by atoms with E-state index >= 15 is 0 Å². The summed E-state index contributed by atoms with van der Waals surface area (Å²) >= 11 is 0. The van der Waals surface area contributed by atoms with Crippen molar-refractivity contribution in [2.45, 2.75) is 52.9 Å². The molecule has 96 valence electrons. The lowest BCUT2D eigenvalue weighted by atomic mass is 9.69. The third-order valence-corrected chi connectivity index (χ3v) is 4.68. The fraction of sp³-hybridized carbons (Fsp3) is 0.750. The van der Waals surface area contributed by atoms with Gasteiger partial charge in [0.1, 0.15) is 0 Å². The van der Waals surface area contributed by atoms with Crippen LogP contribution in [-0.4, -0.2) is 7.11 Å². The van der Waals surface area contributed by atoms with Crippen molar-refractivity contribution in [3.8, 4) is 0 Å². The summed E-state index contributed by atoms with van der Waals surface area (Å²) in [7, 11) is 1.75. The molecular weight excluding hydrogens is 208 g/mol. The molecule has 1 saturated carbocycles. The van der Waals surface area contributed by atoms with E-state index in [1.165, 1.54) is 37.7 Å². The lowest BCUT2D eigenvalue weighted by Crippen LogP contribution is -2.25. The Morgan fingerprint density at radius 3 is 2.82 bits per heavy atom. The fourth-order valence-corrected chi connectivity index (χ4v) is 3.60. The third kappa shape index (κ3) is 2.59. The van der Waals surface area contributed by atoms with Gasteiger partial charge in [0, 0.05) is 0 Å². The van der Waals surface area contributed by atoms with E-state index in [-0.39, 0.29) is 0 Å². The highest BCUT2D eigenvalue weighted by Gasteiger charge is 2.36. The monoisotopic (exact) mass is 234 g/mol. The molecule has 0 aromatic rings.